The van der Waals surface area contributed by atoms with E-state index in [0.29, 0.717) is 23.4 Å². The van der Waals surface area contributed by atoms with Gasteiger partial charge in [-0.05, 0) is 42.1 Å². The summed E-state index contributed by atoms with van der Waals surface area (Å²) in [7, 11) is 0. The fourth-order valence-electron chi connectivity index (χ4n) is 2.59. The maximum Gasteiger partial charge on any atom is 0.306 e. The second kappa shape index (κ2) is 10.2. The molecule has 0 aliphatic heterocycles. The van der Waals surface area contributed by atoms with Crippen LogP contribution in [0.3, 0.4) is 0 Å². The standard InChI is InChI=1S/C22H20N2O4S/c25-20(15-28-21(26)13-12-17-9-6-14-29-17)24-19-11-5-4-10-18(19)22(27)23-16-7-2-1-3-8-16/h1-11,14H,12-13,15H2,(H,23,27)(H,24,25). The van der Waals surface area contributed by atoms with Crippen LogP contribution in [-0.2, 0) is 20.7 Å². The van der Waals surface area contributed by atoms with Gasteiger partial charge >= 0.3 is 5.97 Å². The molecule has 0 saturated carbocycles. The van der Waals surface area contributed by atoms with Crippen molar-refractivity contribution in [1.29, 1.82) is 0 Å². The average Bonchev–Trinajstić information content (AvgIpc) is 3.25. The van der Waals surface area contributed by atoms with Crippen LogP contribution in [0.5, 0.6) is 0 Å². The van der Waals surface area contributed by atoms with Crippen molar-refractivity contribution in [3.8, 4) is 0 Å². The predicted octanol–water partition coefficient (Wildman–Crippen LogP) is 4.11. The molecule has 0 spiro atoms. The Morgan fingerprint density at radius 2 is 1.62 bits per heavy atom. The van der Waals surface area contributed by atoms with E-state index in [1.807, 2.05) is 35.7 Å². The Morgan fingerprint density at radius 1 is 0.862 bits per heavy atom. The molecule has 3 rings (SSSR count). The van der Waals surface area contributed by atoms with E-state index in [4.69, 9.17) is 4.74 Å². The Balaban J connectivity index is 1.52. The van der Waals surface area contributed by atoms with E-state index in [0.717, 1.165) is 4.88 Å². The number of carbonyl (C=O) groups is 3. The van der Waals surface area contributed by atoms with E-state index in [-0.39, 0.29) is 12.3 Å². The lowest BCUT2D eigenvalue weighted by molar-refractivity contribution is -0.147. The number of nitrogens with one attached hydrogen (secondary N) is 2. The number of hydrogen-bond acceptors (Lipinski definition) is 5. The minimum atomic E-state index is -0.505. The first kappa shape index (κ1) is 20.3. The molecule has 1 aromatic heterocycles. The van der Waals surface area contributed by atoms with E-state index in [2.05, 4.69) is 10.6 Å². The molecule has 6 nitrogen and oxygen atoms in total. The van der Waals surface area contributed by atoms with Crippen LogP contribution in [0.25, 0.3) is 0 Å². The van der Waals surface area contributed by atoms with Crippen molar-refractivity contribution in [3.05, 3.63) is 82.6 Å². The average molecular weight is 408 g/mol. The summed E-state index contributed by atoms with van der Waals surface area (Å²) in [5, 5.41) is 7.35. The van der Waals surface area contributed by atoms with Crippen molar-refractivity contribution in [2.24, 2.45) is 0 Å². The summed E-state index contributed by atoms with van der Waals surface area (Å²) in [6.07, 6.45) is 0.796. The third-order valence-electron chi connectivity index (χ3n) is 4.00. The lowest BCUT2D eigenvalue weighted by atomic mass is 10.1. The van der Waals surface area contributed by atoms with Gasteiger partial charge in [-0.1, -0.05) is 36.4 Å². The van der Waals surface area contributed by atoms with E-state index in [1.54, 1.807) is 47.7 Å². The maximum atomic E-state index is 12.5. The quantitative estimate of drug-likeness (QED) is 0.549. The van der Waals surface area contributed by atoms with E-state index in [1.165, 1.54) is 0 Å². The molecule has 0 aliphatic carbocycles. The molecule has 0 unspecified atom stereocenters. The molecule has 29 heavy (non-hydrogen) atoms. The van der Waals surface area contributed by atoms with E-state index < -0.39 is 18.5 Å². The van der Waals surface area contributed by atoms with Crippen LogP contribution >= 0.6 is 11.3 Å². The molecule has 3 aromatic rings. The van der Waals surface area contributed by atoms with Crippen molar-refractivity contribution >= 4 is 40.5 Å². The van der Waals surface area contributed by atoms with Crippen LogP contribution in [0.1, 0.15) is 21.7 Å². The number of ether oxygens (including phenoxy) is 1. The van der Waals surface area contributed by atoms with Gasteiger partial charge in [-0.15, -0.1) is 11.3 Å². The fourth-order valence-corrected chi connectivity index (χ4v) is 3.30. The Kier molecular flexibility index (Phi) is 7.13. The highest BCUT2D eigenvalue weighted by molar-refractivity contribution is 7.09. The van der Waals surface area contributed by atoms with Gasteiger partial charge in [-0.3, -0.25) is 14.4 Å². The first-order valence-corrected chi connectivity index (χ1v) is 9.93. The third kappa shape index (κ3) is 6.29. The van der Waals surface area contributed by atoms with Crippen molar-refractivity contribution in [1.82, 2.24) is 0 Å². The van der Waals surface area contributed by atoms with Gasteiger partial charge in [-0.25, -0.2) is 0 Å². The van der Waals surface area contributed by atoms with E-state index >= 15 is 0 Å². The van der Waals surface area contributed by atoms with Crippen LogP contribution < -0.4 is 10.6 Å². The van der Waals surface area contributed by atoms with Crippen LogP contribution in [0.4, 0.5) is 11.4 Å². The summed E-state index contributed by atoms with van der Waals surface area (Å²) in [5.74, 6) is -1.29. The molecular formula is C22H20N2O4S. The highest BCUT2D eigenvalue weighted by Gasteiger charge is 2.14. The predicted molar refractivity (Wildman–Crippen MR) is 113 cm³/mol. The topological polar surface area (TPSA) is 84.5 Å². The van der Waals surface area contributed by atoms with Gasteiger partial charge in [0.2, 0.25) is 0 Å². The lowest BCUT2D eigenvalue weighted by Gasteiger charge is -2.11. The second-order valence-electron chi connectivity index (χ2n) is 6.15. The summed E-state index contributed by atoms with van der Waals surface area (Å²) in [4.78, 5) is 37.6. The van der Waals surface area contributed by atoms with Crippen molar-refractivity contribution < 1.29 is 19.1 Å². The van der Waals surface area contributed by atoms with Crippen molar-refractivity contribution in [2.45, 2.75) is 12.8 Å². The Labute approximate surface area is 172 Å². The zero-order chi connectivity index (χ0) is 20.5. The maximum absolute atomic E-state index is 12.5. The first-order chi connectivity index (χ1) is 14.1. The normalized spacial score (nSPS) is 10.2. The molecule has 0 atom stereocenters. The van der Waals surface area contributed by atoms with Gasteiger partial charge in [0, 0.05) is 10.6 Å². The van der Waals surface area contributed by atoms with Gasteiger partial charge in [0.1, 0.15) is 0 Å². The van der Waals surface area contributed by atoms with Gasteiger partial charge in [0.25, 0.3) is 11.8 Å². The van der Waals surface area contributed by atoms with Crippen LogP contribution in [0.2, 0.25) is 0 Å². The number of rotatable bonds is 8. The molecule has 0 radical (unpaired) electrons. The molecular weight excluding hydrogens is 388 g/mol. The number of aryl methyl sites for hydroxylation is 1. The SMILES string of the molecule is O=C(COC(=O)CCc1cccs1)Nc1ccccc1C(=O)Nc1ccccc1. The number of esters is 1. The number of para-hydroxylation sites is 2. The van der Waals surface area contributed by atoms with Crippen LogP contribution in [0.15, 0.2) is 72.1 Å². The highest BCUT2D eigenvalue weighted by Crippen LogP contribution is 2.17. The fraction of sp³-hybridized carbons (Fsp3) is 0.136. The molecule has 0 aliphatic rings. The number of carbonyl (C=O) groups excluding carboxylic acids is 3. The molecule has 0 bridgehead atoms. The van der Waals surface area contributed by atoms with Gasteiger partial charge < -0.3 is 15.4 Å². The molecule has 0 fully saturated rings. The third-order valence-corrected chi connectivity index (χ3v) is 4.93. The molecule has 1 heterocycles. The zero-order valence-electron chi connectivity index (χ0n) is 15.6. The summed E-state index contributed by atoms with van der Waals surface area (Å²) < 4.78 is 5.02. The molecule has 2 N–H and O–H groups in total. The molecule has 2 amide bonds. The first-order valence-electron chi connectivity index (χ1n) is 9.05. The summed E-state index contributed by atoms with van der Waals surface area (Å²) in [6, 6.07) is 19.5. The minimum absolute atomic E-state index is 0.212. The number of amides is 2. The largest absolute Gasteiger partial charge is 0.456 e. The number of benzene rings is 2. The highest BCUT2D eigenvalue weighted by atomic mass is 32.1. The lowest BCUT2D eigenvalue weighted by Crippen LogP contribution is -2.23. The Bertz CT molecular complexity index is 971. The molecule has 0 saturated heterocycles. The number of thiophene rings is 1. The monoisotopic (exact) mass is 408 g/mol. The Hall–Kier alpha value is -3.45. The summed E-state index contributed by atoms with van der Waals surface area (Å²) in [5.41, 5.74) is 1.31. The summed E-state index contributed by atoms with van der Waals surface area (Å²) >= 11 is 1.57. The van der Waals surface area contributed by atoms with Gasteiger partial charge in [0.15, 0.2) is 6.61 Å². The molecule has 2 aromatic carbocycles. The molecule has 148 valence electrons. The Morgan fingerprint density at radius 3 is 2.38 bits per heavy atom. The zero-order valence-corrected chi connectivity index (χ0v) is 16.4. The van der Waals surface area contributed by atoms with Gasteiger partial charge in [0.05, 0.1) is 17.7 Å². The van der Waals surface area contributed by atoms with Gasteiger partial charge in [-0.2, -0.15) is 0 Å². The van der Waals surface area contributed by atoms with Crippen LogP contribution in [0, 0.1) is 0 Å². The number of anilines is 2. The summed E-state index contributed by atoms with van der Waals surface area (Å²) in [6.45, 7) is -0.405. The van der Waals surface area contributed by atoms with E-state index in [9.17, 15) is 14.4 Å². The van der Waals surface area contributed by atoms with Crippen molar-refractivity contribution in [2.75, 3.05) is 17.2 Å². The smallest absolute Gasteiger partial charge is 0.306 e. The minimum Gasteiger partial charge on any atom is -0.456 e. The van der Waals surface area contributed by atoms with Crippen LogP contribution in [-0.4, -0.2) is 24.4 Å². The number of hydrogen-bond donors (Lipinski definition) is 2. The van der Waals surface area contributed by atoms with Crippen molar-refractivity contribution in [3.63, 3.8) is 0 Å². The molecule has 7 heteroatoms. The second-order valence-corrected chi connectivity index (χ2v) is 7.19.